The fourth-order valence-electron chi connectivity index (χ4n) is 3.10. The molecule has 0 saturated heterocycles. The van der Waals surface area contributed by atoms with Gasteiger partial charge in [-0.15, -0.1) is 0 Å². The minimum absolute atomic E-state index is 0. The van der Waals surface area contributed by atoms with Gasteiger partial charge in [0.2, 0.25) is 0 Å². The summed E-state index contributed by atoms with van der Waals surface area (Å²) in [6, 6.07) is 18.2. The Labute approximate surface area is 181 Å². The fourth-order valence-corrected chi connectivity index (χ4v) is 3.33. The zero-order valence-electron chi connectivity index (χ0n) is 15.1. The van der Waals surface area contributed by atoms with Gasteiger partial charge in [0, 0.05) is 45.9 Å². The van der Waals surface area contributed by atoms with Crippen molar-refractivity contribution in [3.63, 3.8) is 0 Å². The van der Waals surface area contributed by atoms with E-state index in [1.54, 1.807) is 0 Å². The van der Waals surface area contributed by atoms with Gasteiger partial charge in [-0.25, -0.2) is 4.98 Å². The number of benzene rings is 2. The zero-order chi connectivity index (χ0) is 18.5. The van der Waals surface area contributed by atoms with Crippen molar-refractivity contribution in [3.05, 3.63) is 121 Å². The Morgan fingerprint density at radius 1 is 0.714 bits per heavy atom. The van der Waals surface area contributed by atoms with Crippen LogP contribution in [-0.4, -0.2) is 4.98 Å². The molecule has 3 aromatic rings. The van der Waals surface area contributed by atoms with Crippen molar-refractivity contribution in [3.8, 4) is 11.3 Å². The second kappa shape index (κ2) is 9.70. The molecule has 2 aromatic carbocycles. The molecule has 0 spiro atoms. The van der Waals surface area contributed by atoms with Gasteiger partial charge in [0.1, 0.15) is 0 Å². The smallest absolute Gasteiger partial charge is 0.0730 e. The molecule has 0 aliphatic heterocycles. The normalized spacial score (nSPS) is 13.8. The molecule has 0 amide bonds. The molecule has 138 valence electrons. The van der Waals surface area contributed by atoms with E-state index in [1.165, 1.54) is 11.1 Å². The van der Waals surface area contributed by atoms with Crippen LogP contribution in [0, 0.1) is 12.8 Å². The van der Waals surface area contributed by atoms with Crippen molar-refractivity contribution in [1.29, 1.82) is 0 Å². The summed E-state index contributed by atoms with van der Waals surface area (Å²) < 4.78 is 0. The summed E-state index contributed by atoms with van der Waals surface area (Å²) in [4.78, 5) is 4.79. The predicted octanol–water partition coefficient (Wildman–Crippen LogP) is 7.03. The third-order valence-electron chi connectivity index (χ3n) is 4.40. The molecule has 2 aliphatic rings. The van der Waals surface area contributed by atoms with Gasteiger partial charge in [-0.05, 0) is 29.3 Å². The standard InChI is InChI=1S/C20H13ClN.C5H5.Fe/c21-18-11-5-3-10-16(18)20-13-17(14-7-1-2-8-14)15-9-4-6-12-19(15)22-20;1-2-4-5-3-1;/h1-13H;1-5H;. The number of allylic oxidation sites excluding steroid dienone is 8. The summed E-state index contributed by atoms with van der Waals surface area (Å²) in [5.41, 5.74) is 5.23. The third kappa shape index (κ3) is 4.54. The number of halogens is 1. The van der Waals surface area contributed by atoms with E-state index < -0.39 is 0 Å². The van der Waals surface area contributed by atoms with E-state index in [0.717, 1.165) is 27.2 Å². The van der Waals surface area contributed by atoms with Crippen LogP contribution >= 0.6 is 11.6 Å². The number of fused-ring (bicyclic) bond motifs is 1. The number of nitrogens with zero attached hydrogens (tertiary/aromatic N) is 1. The molecule has 1 aromatic heterocycles. The van der Waals surface area contributed by atoms with Crippen LogP contribution in [0.15, 0.2) is 97.1 Å². The largest absolute Gasteiger partial charge is 0.248 e. The van der Waals surface area contributed by atoms with Crippen molar-refractivity contribution in [2.75, 3.05) is 0 Å². The molecule has 0 saturated carbocycles. The Kier molecular flexibility index (Phi) is 7.06. The first-order chi connectivity index (χ1) is 13.3. The van der Waals surface area contributed by atoms with Crippen molar-refractivity contribution >= 4 is 28.1 Å². The maximum Gasteiger partial charge on any atom is 0.0730 e. The number of rotatable bonds is 2. The number of para-hydroxylation sites is 1. The number of hydrogen-bond donors (Lipinski definition) is 0. The average molecular weight is 424 g/mol. The summed E-state index contributed by atoms with van der Waals surface area (Å²) in [5, 5.41) is 1.88. The fraction of sp³-hybridized carbons (Fsp3) is 0. The van der Waals surface area contributed by atoms with Gasteiger partial charge in [-0.3, -0.25) is 0 Å². The van der Waals surface area contributed by atoms with Crippen LogP contribution in [0.3, 0.4) is 0 Å². The zero-order valence-corrected chi connectivity index (χ0v) is 16.9. The number of pyridine rings is 1. The molecule has 0 atom stereocenters. The third-order valence-corrected chi connectivity index (χ3v) is 4.72. The van der Waals surface area contributed by atoms with Crippen molar-refractivity contribution in [2.45, 2.75) is 0 Å². The van der Waals surface area contributed by atoms with Gasteiger partial charge in [0.05, 0.1) is 11.2 Å². The summed E-state index contributed by atoms with van der Waals surface area (Å²) in [7, 11) is 0. The van der Waals surface area contributed by atoms with Gasteiger partial charge in [0.25, 0.3) is 0 Å². The van der Waals surface area contributed by atoms with Crippen LogP contribution in [0.5, 0.6) is 0 Å². The molecule has 0 fully saturated rings. The second-order valence-corrected chi connectivity index (χ2v) is 6.60. The van der Waals surface area contributed by atoms with Crippen LogP contribution in [0.25, 0.3) is 27.7 Å². The predicted molar refractivity (Wildman–Crippen MR) is 116 cm³/mol. The van der Waals surface area contributed by atoms with E-state index in [9.17, 15) is 0 Å². The van der Waals surface area contributed by atoms with Crippen LogP contribution < -0.4 is 0 Å². The van der Waals surface area contributed by atoms with E-state index in [0.29, 0.717) is 0 Å². The van der Waals surface area contributed by atoms with E-state index in [1.807, 2.05) is 73.2 Å². The van der Waals surface area contributed by atoms with Crippen LogP contribution in [0.2, 0.25) is 5.02 Å². The van der Waals surface area contributed by atoms with Gasteiger partial charge in [-0.1, -0.05) is 90.5 Å². The first kappa shape index (κ1) is 20.4. The maximum absolute atomic E-state index is 6.35. The van der Waals surface area contributed by atoms with Crippen LogP contribution in [0.4, 0.5) is 0 Å². The molecule has 28 heavy (non-hydrogen) atoms. The quantitative estimate of drug-likeness (QED) is 0.403. The van der Waals surface area contributed by atoms with Crippen molar-refractivity contribution in [1.82, 2.24) is 4.98 Å². The Hall–Kier alpha value is -2.38. The molecule has 0 N–H and O–H groups in total. The molecule has 2 radical (unpaired) electrons. The van der Waals surface area contributed by atoms with Crippen molar-refractivity contribution in [2.24, 2.45) is 0 Å². The monoisotopic (exact) mass is 423 g/mol. The van der Waals surface area contributed by atoms with Crippen molar-refractivity contribution < 1.29 is 17.1 Å². The molecular weight excluding hydrogens is 406 g/mol. The number of aromatic nitrogens is 1. The Morgan fingerprint density at radius 2 is 1.46 bits per heavy atom. The van der Waals surface area contributed by atoms with Gasteiger partial charge < -0.3 is 0 Å². The molecule has 1 nitrogen and oxygen atoms in total. The number of hydrogen-bond acceptors (Lipinski definition) is 1. The maximum atomic E-state index is 6.35. The molecular formula is C25H18ClFeN. The van der Waals surface area contributed by atoms with Crippen LogP contribution in [0.1, 0.15) is 5.56 Å². The first-order valence-corrected chi connectivity index (χ1v) is 9.24. The van der Waals surface area contributed by atoms with Gasteiger partial charge in [-0.2, -0.15) is 0 Å². The average Bonchev–Trinajstić information content (AvgIpc) is 3.44. The minimum Gasteiger partial charge on any atom is -0.248 e. The summed E-state index contributed by atoms with van der Waals surface area (Å²) in [6.45, 7) is 0. The molecule has 0 bridgehead atoms. The topological polar surface area (TPSA) is 12.9 Å². The molecule has 5 rings (SSSR count). The second-order valence-electron chi connectivity index (χ2n) is 6.19. The van der Waals surface area contributed by atoms with Gasteiger partial charge in [0.15, 0.2) is 0 Å². The molecule has 0 unspecified atom stereocenters. The van der Waals surface area contributed by atoms with Crippen LogP contribution in [-0.2, 0) is 17.1 Å². The van der Waals surface area contributed by atoms with E-state index in [-0.39, 0.29) is 17.1 Å². The van der Waals surface area contributed by atoms with E-state index in [2.05, 4.69) is 36.8 Å². The molecule has 2 aliphatic carbocycles. The van der Waals surface area contributed by atoms with Gasteiger partial charge >= 0.3 is 0 Å². The minimum atomic E-state index is 0. The molecule has 1 heterocycles. The SMILES string of the molecule is Clc1ccccc1-c1cc(C2=C[CH]C=C2)c2ccccc2n1.[CH]1C=CC=C1.[Fe]. The Balaban J connectivity index is 0.000000329. The summed E-state index contributed by atoms with van der Waals surface area (Å²) >= 11 is 6.35. The summed E-state index contributed by atoms with van der Waals surface area (Å²) in [5.74, 6) is 0. The van der Waals surface area contributed by atoms with E-state index in [4.69, 9.17) is 16.6 Å². The summed E-state index contributed by atoms with van der Waals surface area (Å²) in [6.07, 6.45) is 18.4. The first-order valence-electron chi connectivity index (χ1n) is 8.86. The molecule has 3 heteroatoms. The van der Waals surface area contributed by atoms with E-state index >= 15 is 0 Å². The Bertz CT molecular complexity index is 1080. The Morgan fingerprint density at radius 3 is 2.14 bits per heavy atom.